The molecule has 0 aromatic carbocycles. The third-order valence-corrected chi connectivity index (χ3v) is 5.09. The summed E-state index contributed by atoms with van der Waals surface area (Å²) < 4.78 is 0. The van der Waals surface area contributed by atoms with Crippen molar-refractivity contribution in [2.45, 2.75) is 45.1 Å². The van der Waals surface area contributed by atoms with Crippen LogP contribution in [-0.4, -0.2) is 73.5 Å². The van der Waals surface area contributed by atoms with Gasteiger partial charge in [0.2, 0.25) is 5.91 Å². The van der Waals surface area contributed by atoms with E-state index >= 15 is 0 Å². The highest BCUT2D eigenvalue weighted by Crippen LogP contribution is 2.28. The lowest BCUT2D eigenvalue weighted by molar-refractivity contribution is -0.139. The number of carbonyl (C=O) groups excluding carboxylic acids is 1. The Morgan fingerprint density at radius 1 is 1.12 bits per heavy atom. The number of hydrogen-bond acceptors (Lipinski definition) is 3. The van der Waals surface area contributed by atoms with E-state index in [1.54, 1.807) is 0 Å². The fourth-order valence-electron chi connectivity index (χ4n) is 3.15. The Balaban J connectivity index is 0.00000208. The summed E-state index contributed by atoms with van der Waals surface area (Å²) >= 11 is 0. The second kappa shape index (κ2) is 9.79. The first kappa shape index (κ1) is 19.8. The molecule has 3 aliphatic rings. The van der Waals surface area contributed by atoms with Crippen molar-refractivity contribution < 1.29 is 4.79 Å². The number of piperazine rings is 1. The molecule has 2 saturated carbocycles. The molecule has 24 heavy (non-hydrogen) atoms. The molecule has 0 atom stereocenters. The van der Waals surface area contributed by atoms with Gasteiger partial charge in [-0.05, 0) is 32.6 Å². The number of halogens is 1. The molecule has 0 spiro atoms. The van der Waals surface area contributed by atoms with Gasteiger partial charge in [-0.15, -0.1) is 24.0 Å². The maximum absolute atomic E-state index is 12.2. The van der Waals surface area contributed by atoms with Crippen molar-refractivity contribution >= 4 is 35.8 Å². The minimum absolute atomic E-state index is 0. The number of amides is 1. The molecule has 1 saturated heterocycles. The zero-order chi connectivity index (χ0) is 16.1. The summed E-state index contributed by atoms with van der Waals surface area (Å²) in [6, 6.07) is 0.633. The summed E-state index contributed by atoms with van der Waals surface area (Å²) in [5.74, 6) is 1.69. The van der Waals surface area contributed by atoms with Crippen LogP contribution in [0.4, 0.5) is 0 Å². The molecule has 2 N–H and O–H groups in total. The zero-order valence-corrected chi connectivity index (χ0v) is 17.1. The summed E-state index contributed by atoms with van der Waals surface area (Å²) in [6.07, 6.45) is 5.98. The highest BCUT2D eigenvalue weighted by Gasteiger charge is 2.31. The number of nitrogens with one attached hydrogen (secondary N) is 2. The first-order chi connectivity index (χ1) is 11.3. The van der Waals surface area contributed by atoms with Gasteiger partial charge in [0.15, 0.2) is 5.96 Å². The van der Waals surface area contributed by atoms with Crippen LogP contribution in [0.1, 0.15) is 39.0 Å². The third kappa shape index (κ3) is 5.75. The van der Waals surface area contributed by atoms with E-state index in [9.17, 15) is 4.79 Å². The van der Waals surface area contributed by atoms with Crippen LogP contribution in [0.15, 0.2) is 4.99 Å². The standard InChI is InChI=1S/C17H31N5O.HI/c1-2-18-17(20-15-6-7-15)19-8-9-21-10-12-22(13-11-21)16(23)14-4-3-5-14;/h14-15H,2-13H2,1H3,(H2,18,19,20);1H. The van der Waals surface area contributed by atoms with Crippen molar-refractivity contribution in [1.82, 2.24) is 20.4 Å². The van der Waals surface area contributed by atoms with Crippen molar-refractivity contribution in [3.63, 3.8) is 0 Å². The molecule has 1 heterocycles. The molecule has 7 heteroatoms. The summed E-state index contributed by atoms with van der Waals surface area (Å²) in [6.45, 7) is 8.55. The van der Waals surface area contributed by atoms with Crippen LogP contribution in [0.25, 0.3) is 0 Å². The van der Waals surface area contributed by atoms with E-state index in [1.807, 2.05) is 0 Å². The molecule has 3 fully saturated rings. The average Bonchev–Trinajstić information content (AvgIpc) is 3.30. The van der Waals surface area contributed by atoms with Crippen molar-refractivity contribution in [3.8, 4) is 0 Å². The zero-order valence-electron chi connectivity index (χ0n) is 14.8. The highest BCUT2D eigenvalue weighted by molar-refractivity contribution is 14.0. The van der Waals surface area contributed by atoms with Crippen molar-refractivity contribution in [1.29, 1.82) is 0 Å². The van der Waals surface area contributed by atoms with Gasteiger partial charge in [0.1, 0.15) is 0 Å². The van der Waals surface area contributed by atoms with Gasteiger partial charge >= 0.3 is 0 Å². The Labute approximate surface area is 162 Å². The Morgan fingerprint density at radius 2 is 1.83 bits per heavy atom. The van der Waals surface area contributed by atoms with Crippen LogP contribution in [0.2, 0.25) is 0 Å². The maximum Gasteiger partial charge on any atom is 0.225 e. The Morgan fingerprint density at radius 3 is 2.38 bits per heavy atom. The number of carbonyl (C=O) groups is 1. The normalized spacial score (nSPS) is 22.5. The fourth-order valence-corrected chi connectivity index (χ4v) is 3.15. The average molecular weight is 449 g/mol. The van der Waals surface area contributed by atoms with Crippen molar-refractivity contribution in [2.24, 2.45) is 10.9 Å². The Bertz CT molecular complexity index is 429. The van der Waals surface area contributed by atoms with Gasteiger partial charge < -0.3 is 15.5 Å². The van der Waals surface area contributed by atoms with Crippen molar-refractivity contribution in [3.05, 3.63) is 0 Å². The molecular weight excluding hydrogens is 417 g/mol. The number of nitrogens with zero attached hydrogens (tertiary/aromatic N) is 3. The number of hydrogen-bond donors (Lipinski definition) is 2. The molecule has 0 unspecified atom stereocenters. The Kier molecular flexibility index (Phi) is 8.06. The molecule has 138 valence electrons. The monoisotopic (exact) mass is 449 g/mol. The van der Waals surface area contributed by atoms with Gasteiger partial charge in [0.05, 0.1) is 6.54 Å². The van der Waals surface area contributed by atoms with E-state index in [2.05, 4.69) is 32.3 Å². The summed E-state index contributed by atoms with van der Waals surface area (Å²) in [5, 5.41) is 6.75. The van der Waals surface area contributed by atoms with Gasteiger partial charge in [-0.3, -0.25) is 14.7 Å². The fraction of sp³-hybridized carbons (Fsp3) is 0.882. The van der Waals surface area contributed by atoms with E-state index in [-0.39, 0.29) is 24.0 Å². The molecule has 0 aromatic rings. The lowest BCUT2D eigenvalue weighted by atomic mass is 9.84. The van der Waals surface area contributed by atoms with E-state index < -0.39 is 0 Å². The second-order valence-electron chi connectivity index (χ2n) is 6.97. The van der Waals surface area contributed by atoms with Crippen LogP contribution in [0, 0.1) is 5.92 Å². The molecule has 1 amide bonds. The summed E-state index contributed by atoms with van der Waals surface area (Å²) in [5.41, 5.74) is 0. The summed E-state index contributed by atoms with van der Waals surface area (Å²) in [7, 11) is 0. The quantitative estimate of drug-likeness (QED) is 0.364. The van der Waals surface area contributed by atoms with Crippen LogP contribution in [0.5, 0.6) is 0 Å². The van der Waals surface area contributed by atoms with Crippen LogP contribution in [0.3, 0.4) is 0 Å². The molecule has 6 nitrogen and oxygen atoms in total. The van der Waals surface area contributed by atoms with Crippen LogP contribution >= 0.6 is 24.0 Å². The van der Waals surface area contributed by atoms with E-state index in [0.29, 0.717) is 17.9 Å². The maximum atomic E-state index is 12.2. The third-order valence-electron chi connectivity index (χ3n) is 5.09. The summed E-state index contributed by atoms with van der Waals surface area (Å²) in [4.78, 5) is 21.4. The molecule has 1 aliphatic heterocycles. The molecule has 3 rings (SSSR count). The minimum Gasteiger partial charge on any atom is -0.357 e. The molecule has 2 aliphatic carbocycles. The number of guanidine groups is 1. The van der Waals surface area contributed by atoms with Gasteiger partial charge in [0, 0.05) is 51.2 Å². The number of aliphatic imine (C=N–C) groups is 1. The lowest BCUT2D eigenvalue weighted by Gasteiger charge is -2.38. The highest BCUT2D eigenvalue weighted by atomic mass is 127. The lowest BCUT2D eigenvalue weighted by Crippen LogP contribution is -2.51. The molecular formula is C17H32IN5O. The predicted molar refractivity (Wildman–Crippen MR) is 108 cm³/mol. The topological polar surface area (TPSA) is 60.0 Å². The number of rotatable bonds is 6. The largest absolute Gasteiger partial charge is 0.357 e. The van der Waals surface area contributed by atoms with E-state index in [0.717, 1.165) is 64.6 Å². The SMILES string of the molecule is CCNC(=NCCN1CCN(C(=O)C2CCC2)CC1)NC1CC1.I. The van der Waals surface area contributed by atoms with Crippen LogP contribution in [-0.2, 0) is 4.79 Å². The Hall–Kier alpha value is -0.570. The minimum atomic E-state index is 0. The van der Waals surface area contributed by atoms with E-state index in [4.69, 9.17) is 0 Å². The van der Waals surface area contributed by atoms with Gasteiger partial charge in [-0.1, -0.05) is 6.42 Å². The van der Waals surface area contributed by atoms with Crippen LogP contribution < -0.4 is 10.6 Å². The molecule has 0 radical (unpaired) electrons. The molecule has 0 aromatic heterocycles. The van der Waals surface area contributed by atoms with Crippen molar-refractivity contribution in [2.75, 3.05) is 45.8 Å². The smallest absolute Gasteiger partial charge is 0.225 e. The predicted octanol–water partition coefficient (Wildman–Crippen LogP) is 1.27. The van der Waals surface area contributed by atoms with Gasteiger partial charge in [0.25, 0.3) is 0 Å². The van der Waals surface area contributed by atoms with Gasteiger partial charge in [-0.2, -0.15) is 0 Å². The molecule has 0 bridgehead atoms. The first-order valence-electron chi connectivity index (χ1n) is 9.32. The second-order valence-corrected chi connectivity index (χ2v) is 6.97. The van der Waals surface area contributed by atoms with Gasteiger partial charge in [-0.25, -0.2) is 0 Å². The first-order valence-corrected chi connectivity index (χ1v) is 9.32. The van der Waals surface area contributed by atoms with E-state index in [1.165, 1.54) is 19.3 Å².